The molecule has 2 N–H and O–H groups in total. The highest BCUT2D eigenvalue weighted by atomic mass is 15.2. The van der Waals surface area contributed by atoms with Gasteiger partial charge in [0, 0.05) is 20.1 Å². The summed E-state index contributed by atoms with van der Waals surface area (Å²) in [6, 6.07) is 16.1. The maximum atomic E-state index is 5.79. The Hall–Kier alpha value is -2.46. The van der Waals surface area contributed by atoms with Crippen molar-refractivity contribution in [1.82, 2.24) is 9.97 Å². The van der Waals surface area contributed by atoms with E-state index in [9.17, 15) is 0 Å². The highest BCUT2D eigenvalue weighted by molar-refractivity contribution is 5.75. The van der Waals surface area contributed by atoms with Crippen molar-refractivity contribution >= 4 is 16.9 Å². The first-order valence-electron chi connectivity index (χ1n) is 6.97. The zero-order valence-electron chi connectivity index (χ0n) is 12.0. The van der Waals surface area contributed by atoms with Crippen LogP contribution < -0.4 is 10.6 Å². The van der Waals surface area contributed by atoms with Gasteiger partial charge in [0.25, 0.3) is 0 Å². The van der Waals surface area contributed by atoms with Crippen LogP contribution in [-0.2, 0) is 13.1 Å². The van der Waals surface area contributed by atoms with Crippen LogP contribution in [0.3, 0.4) is 0 Å². The van der Waals surface area contributed by atoms with E-state index in [0.29, 0.717) is 6.54 Å². The number of anilines is 1. The van der Waals surface area contributed by atoms with Crippen molar-refractivity contribution in [3.63, 3.8) is 0 Å². The molecule has 0 radical (unpaired) electrons. The maximum absolute atomic E-state index is 5.79. The summed E-state index contributed by atoms with van der Waals surface area (Å²) in [6.07, 6.45) is 1.81. The molecule has 0 aliphatic heterocycles. The molecule has 3 aromatic rings. The van der Waals surface area contributed by atoms with E-state index in [1.54, 1.807) is 0 Å². The molecule has 0 amide bonds. The lowest BCUT2D eigenvalue weighted by atomic mass is 10.1. The fourth-order valence-electron chi connectivity index (χ4n) is 2.38. The highest BCUT2D eigenvalue weighted by Crippen LogP contribution is 2.17. The minimum absolute atomic E-state index is 0.549. The molecular weight excluding hydrogens is 260 g/mol. The molecule has 0 saturated heterocycles. The molecule has 0 aliphatic carbocycles. The van der Waals surface area contributed by atoms with Crippen molar-refractivity contribution in [2.45, 2.75) is 13.1 Å². The smallest absolute Gasteiger partial charge is 0.147 e. The number of rotatable bonds is 4. The number of nitrogens with two attached hydrogens (primary N) is 1. The van der Waals surface area contributed by atoms with Crippen LogP contribution >= 0.6 is 0 Å². The van der Waals surface area contributed by atoms with Crippen LogP contribution in [-0.4, -0.2) is 17.0 Å². The Kier molecular flexibility index (Phi) is 3.79. The Morgan fingerprint density at radius 3 is 2.38 bits per heavy atom. The van der Waals surface area contributed by atoms with Crippen LogP contribution in [0.5, 0.6) is 0 Å². The summed E-state index contributed by atoms with van der Waals surface area (Å²) in [5.74, 6) is 0.862. The van der Waals surface area contributed by atoms with Gasteiger partial charge in [0.15, 0.2) is 0 Å². The first kappa shape index (κ1) is 13.5. The first-order chi connectivity index (χ1) is 10.3. The van der Waals surface area contributed by atoms with Gasteiger partial charge < -0.3 is 10.6 Å². The second-order valence-electron chi connectivity index (χ2n) is 5.05. The summed E-state index contributed by atoms with van der Waals surface area (Å²) in [5.41, 5.74) is 10.0. The molecule has 1 heterocycles. The Morgan fingerprint density at radius 2 is 1.62 bits per heavy atom. The topological polar surface area (TPSA) is 55.0 Å². The van der Waals surface area contributed by atoms with Crippen LogP contribution in [0.4, 0.5) is 5.82 Å². The van der Waals surface area contributed by atoms with Crippen LogP contribution in [0.15, 0.2) is 54.7 Å². The quantitative estimate of drug-likeness (QED) is 0.797. The third-order valence-corrected chi connectivity index (χ3v) is 3.57. The van der Waals surface area contributed by atoms with E-state index < -0.39 is 0 Å². The van der Waals surface area contributed by atoms with Crippen molar-refractivity contribution in [3.05, 3.63) is 65.9 Å². The maximum Gasteiger partial charge on any atom is 0.147 e. The standard InChI is InChI=1S/C17H18N4/c1-21(12-14-7-3-2-6-13(14)10-18)17-11-19-15-8-4-5-9-16(15)20-17/h2-9,11H,10,12,18H2,1H3. The summed E-state index contributed by atoms with van der Waals surface area (Å²) in [7, 11) is 2.02. The van der Waals surface area contributed by atoms with Gasteiger partial charge in [-0.05, 0) is 23.3 Å². The van der Waals surface area contributed by atoms with E-state index in [4.69, 9.17) is 5.73 Å². The van der Waals surface area contributed by atoms with E-state index in [-0.39, 0.29) is 0 Å². The van der Waals surface area contributed by atoms with Gasteiger partial charge in [-0.1, -0.05) is 36.4 Å². The minimum atomic E-state index is 0.549. The van der Waals surface area contributed by atoms with Gasteiger partial charge in [0.05, 0.1) is 17.2 Å². The van der Waals surface area contributed by atoms with Gasteiger partial charge in [0.2, 0.25) is 0 Å². The minimum Gasteiger partial charge on any atom is -0.354 e. The molecule has 4 nitrogen and oxygen atoms in total. The molecule has 3 rings (SSSR count). The van der Waals surface area contributed by atoms with Crippen molar-refractivity contribution in [2.24, 2.45) is 5.73 Å². The average Bonchev–Trinajstić information content (AvgIpc) is 2.55. The predicted octanol–water partition coefficient (Wildman–Crippen LogP) is 2.72. The number of aromatic nitrogens is 2. The van der Waals surface area contributed by atoms with Crippen molar-refractivity contribution in [3.8, 4) is 0 Å². The molecule has 106 valence electrons. The van der Waals surface area contributed by atoms with E-state index >= 15 is 0 Å². The second-order valence-corrected chi connectivity index (χ2v) is 5.05. The first-order valence-corrected chi connectivity index (χ1v) is 6.97. The molecule has 0 unspecified atom stereocenters. The molecule has 0 spiro atoms. The van der Waals surface area contributed by atoms with Gasteiger partial charge in [-0.15, -0.1) is 0 Å². The van der Waals surface area contributed by atoms with Crippen LogP contribution in [0.2, 0.25) is 0 Å². The Balaban J connectivity index is 1.88. The van der Waals surface area contributed by atoms with Crippen LogP contribution in [0, 0.1) is 0 Å². The van der Waals surface area contributed by atoms with E-state index in [1.165, 1.54) is 5.56 Å². The number of benzene rings is 2. The third kappa shape index (κ3) is 2.85. The van der Waals surface area contributed by atoms with Gasteiger partial charge in [-0.2, -0.15) is 0 Å². The largest absolute Gasteiger partial charge is 0.354 e. The predicted molar refractivity (Wildman–Crippen MR) is 86.0 cm³/mol. The second kappa shape index (κ2) is 5.89. The van der Waals surface area contributed by atoms with E-state index in [1.807, 2.05) is 49.6 Å². The number of fused-ring (bicyclic) bond motifs is 1. The van der Waals surface area contributed by atoms with Crippen molar-refractivity contribution < 1.29 is 0 Å². The number of nitrogens with zero attached hydrogens (tertiary/aromatic N) is 3. The summed E-state index contributed by atoms with van der Waals surface area (Å²) in [6.45, 7) is 1.31. The summed E-state index contributed by atoms with van der Waals surface area (Å²) >= 11 is 0. The zero-order valence-corrected chi connectivity index (χ0v) is 12.0. The Morgan fingerprint density at radius 1 is 0.952 bits per heavy atom. The zero-order chi connectivity index (χ0) is 14.7. The van der Waals surface area contributed by atoms with Crippen LogP contribution in [0.25, 0.3) is 11.0 Å². The lowest BCUT2D eigenvalue weighted by molar-refractivity contribution is 0.875. The Labute approximate surface area is 124 Å². The molecule has 4 heteroatoms. The lowest BCUT2D eigenvalue weighted by Gasteiger charge is -2.19. The van der Waals surface area contributed by atoms with Crippen molar-refractivity contribution in [1.29, 1.82) is 0 Å². The number of hydrogen-bond acceptors (Lipinski definition) is 4. The number of hydrogen-bond donors (Lipinski definition) is 1. The van der Waals surface area contributed by atoms with Gasteiger partial charge in [0.1, 0.15) is 5.82 Å². The molecule has 0 aliphatic rings. The molecule has 21 heavy (non-hydrogen) atoms. The van der Waals surface area contributed by atoms with Gasteiger partial charge in [-0.25, -0.2) is 4.98 Å². The normalized spacial score (nSPS) is 10.8. The van der Waals surface area contributed by atoms with E-state index in [0.717, 1.165) is 29.0 Å². The highest BCUT2D eigenvalue weighted by Gasteiger charge is 2.08. The van der Waals surface area contributed by atoms with Gasteiger partial charge >= 0.3 is 0 Å². The SMILES string of the molecule is CN(Cc1ccccc1CN)c1cnc2ccccc2n1. The van der Waals surface area contributed by atoms with Crippen LogP contribution in [0.1, 0.15) is 11.1 Å². The summed E-state index contributed by atoms with van der Waals surface area (Å²) in [4.78, 5) is 11.2. The molecular formula is C17H18N4. The molecule has 0 bridgehead atoms. The molecule has 2 aromatic carbocycles. The molecule has 0 atom stereocenters. The lowest BCUT2D eigenvalue weighted by Crippen LogP contribution is -2.19. The average molecular weight is 278 g/mol. The number of para-hydroxylation sites is 2. The third-order valence-electron chi connectivity index (χ3n) is 3.57. The molecule has 0 saturated carbocycles. The molecule has 1 aromatic heterocycles. The van der Waals surface area contributed by atoms with E-state index in [2.05, 4.69) is 27.0 Å². The van der Waals surface area contributed by atoms with Crippen molar-refractivity contribution in [2.75, 3.05) is 11.9 Å². The summed E-state index contributed by atoms with van der Waals surface area (Å²) in [5, 5.41) is 0. The monoisotopic (exact) mass is 278 g/mol. The Bertz CT molecular complexity index is 754. The fraction of sp³-hybridized carbons (Fsp3) is 0.176. The fourth-order valence-corrected chi connectivity index (χ4v) is 2.38. The summed E-state index contributed by atoms with van der Waals surface area (Å²) < 4.78 is 0. The molecule has 0 fully saturated rings. The van der Waals surface area contributed by atoms with Gasteiger partial charge in [-0.3, -0.25) is 4.98 Å².